The summed E-state index contributed by atoms with van der Waals surface area (Å²) in [6, 6.07) is 6.38. The number of ether oxygens (including phenoxy) is 1. The molecule has 0 aromatic heterocycles. The van der Waals surface area contributed by atoms with Crippen molar-refractivity contribution in [1.82, 2.24) is 0 Å². The van der Waals surface area contributed by atoms with Gasteiger partial charge in [-0.3, -0.25) is 4.79 Å². The van der Waals surface area contributed by atoms with Crippen LogP contribution >= 0.6 is 0 Å². The van der Waals surface area contributed by atoms with E-state index >= 15 is 0 Å². The van der Waals surface area contributed by atoms with E-state index in [1.54, 1.807) is 13.0 Å². The van der Waals surface area contributed by atoms with Gasteiger partial charge in [-0.15, -0.1) is 0 Å². The average molecular weight is 348 g/mol. The van der Waals surface area contributed by atoms with E-state index < -0.39 is 5.97 Å². The summed E-state index contributed by atoms with van der Waals surface area (Å²) in [5, 5.41) is 0. The van der Waals surface area contributed by atoms with Crippen LogP contribution in [-0.4, -0.2) is 18.4 Å². The quantitative estimate of drug-likeness (QED) is 0.598. The summed E-state index contributed by atoms with van der Waals surface area (Å²) in [4.78, 5) is 23.8. The molecule has 0 spiro atoms. The Bertz CT molecular complexity index is 872. The minimum Gasteiger partial charge on any atom is -0.463 e. The van der Waals surface area contributed by atoms with Crippen LogP contribution < -0.4 is 0 Å². The largest absolute Gasteiger partial charge is 0.463 e. The Kier molecular flexibility index (Phi) is 5.13. The van der Waals surface area contributed by atoms with E-state index in [0.717, 1.165) is 12.0 Å². The number of carbonyl (C=O) groups excluding carboxylic acids is 2. The molecule has 0 atom stereocenters. The van der Waals surface area contributed by atoms with Crippen LogP contribution in [0.1, 0.15) is 56.7 Å². The maximum absolute atomic E-state index is 12.1. The van der Waals surface area contributed by atoms with Crippen molar-refractivity contribution < 1.29 is 14.3 Å². The van der Waals surface area contributed by atoms with E-state index in [1.807, 2.05) is 6.07 Å². The zero-order valence-electron chi connectivity index (χ0n) is 15.6. The third-order valence-electron chi connectivity index (χ3n) is 5.06. The molecule has 0 saturated carbocycles. The standard InChI is InChI=1S/C23H24O3/c1-4-26-22(25)20-15-19(24)12-11-17(20)9-7-16-8-10-18-6-5-13-23(2,3)21(18)14-16/h8,10-12,14H,4-6,13,15H2,1-3H3. The predicted molar refractivity (Wildman–Crippen MR) is 102 cm³/mol. The molecule has 26 heavy (non-hydrogen) atoms. The molecule has 0 N–H and O–H groups in total. The first-order valence-electron chi connectivity index (χ1n) is 9.17. The van der Waals surface area contributed by atoms with Gasteiger partial charge in [-0.1, -0.05) is 31.8 Å². The smallest absolute Gasteiger partial charge is 0.335 e. The third-order valence-corrected chi connectivity index (χ3v) is 5.06. The number of fused-ring (bicyclic) bond motifs is 1. The first-order chi connectivity index (χ1) is 12.4. The van der Waals surface area contributed by atoms with Crippen molar-refractivity contribution in [3.8, 4) is 11.8 Å². The molecule has 0 radical (unpaired) electrons. The van der Waals surface area contributed by atoms with Gasteiger partial charge in [-0.05, 0) is 67.0 Å². The molecule has 0 fully saturated rings. The molecule has 1 aromatic rings. The highest BCUT2D eigenvalue weighted by atomic mass is 16.5. The monoisotopic (exact) mass is 348 g/mol. The van der Waals surface area contributed by atoms with Crippen LogP contribution in [0.2, 0.25) is 0 Å². The number of hydrogen-bond acceptors (Lipinski definition) is 3. The van der Waals surface area contributed by atoms with Crippen molar-refractivity contribution in [1.29, 1.82) is 0 Å². The highest BCUT2D eigenvalue weighted by molar-refractivity contribution is 6.04. The molecule has 3 heteroatoms. The van der Waals surface area contributed by atoms with Gasteiger partial charge >= 0.3 is 5.97 Å². The minimum absolute atomic E-state index is 0.0521. The molecule has 2 aliphatic rings. The van der Waals surface area contributed by atoms with Crippen LogP contribution in [0.3, 0.4) is 0 Å². The Hall–Kier alpha value is -2.60. The van der Waals surface area contributed by atoms with E-state index in [0.29, 0.717) is 11.1 Å². The number of esters is 1. The summed E-state index contributed by atoms with van der Waals surface area (Å²) >= 11 is 0. The van der Waals surface area contributed by atoms with Gasteiger partial charge in [0.2, 0.25) is 0 Å². The number of carbonyl (C=O) groups is 2. The Morgan fingerprint density at radius 3 is 2.81 bits per heavy atom. The van der Waals surface area contributed by atoms with Gasteiger partial charge in [0, 0.05) is 17.6 Å². The topological polar surface area (TPSA) is 43.4 Å². The summed E-state index contributed by atoms with van der Waals surface area (Å²) < 4.78 is 5.06. The lowest BCUT2D eigenvalue weighted by Gasteiger charge is -2.32. The molecule has 1 aromatic carbocycles. The van der Waals surface area contributed by atoms with Crippen LogP contribution in [0.15, 0.2) is 41.5 Å². The average Bonchev–Trinajstić information content (AvgIpc) is 2.61. The molecule has 0 saturated heterocycles. The van der Waals surface area contributed by atoms with Gasteiger partial charge in [0.15, 0.2) is 5.78 Å². The normalized spacial score (nSPS) is 18.0. The number of hydrogen-bond donors (Lipinski definition) is 0. The molecule has 3 nitrogen and oxygen atoms in total. The number of benzene rings is 1. The lowest BCUT2D eigenvalue weighted by molar-refractivity contribution is -0.139. The molecule has 0 bridgehead atoms. The fourth-order valence-electron chi connectivity index (χ4n) is 3.62. The van der Waals surface area contributed by atoms with Crippen molar-refractivity contribution in [2.45, 2.75) is 51.9 Å². The summed E-state index contributed by atoms with van der Waals surface area (Å²) in [5.41, 5.74) is 4.79. The number of allylic oxidation sites excluding steroid dienone is 3. The first kappa shape index (κ1) is 18.2. The summed E-state index contributed by atoms with van der Waals surface area (Å²) in [5.74, 6) is 5.68. The number of aryl methyl sites for hydroxylation is 1. The zero-order chi connectivity index (χ0) is 18.7. The molecule has 134 valence electrons. The van der Waals surface area contributed by atoms with Crippen molar-refractivity contribution in [2.75, 3.05) is 6.61 Å². The van der Waals surface area contributed by atoms with Crippen LogP contribution in [0.25, 0.3) is 0 Å². The predicted octanol–water partition coefficient (Wildman–Crippen LogP) is 4.04. The number of rotatable bonds is 2. The fourth-order valence-corrected chi connectivity index (χ4v) is 3.62. The molecule has 3 rings (SSSR count). The summed E-state index contributed by atoms with van der Waals surface area (Å²) in [7, 11) is 0. The second kappa shape index (κ2) is 7.33. The van der Waals surface area contributed by atoms with Gasteiger partial charge in [0.25, 0.3) is 0 Å². The lowest BCUT2D eigenvalue weighted by atomic mass is 9.72. The highest BCUT2D eigenvalue weighted by Crippen LogP contribution is 2.37. The van der Waals surface area contributed by atoms with Crippen LogP contribution in [-0.2, 0) is 26.2 Å². The maximum Gasteiger partial charge on any atom is 0.335 e. The Morgan fingerprint density at radius 1 is 1.23 bits per heavy atom. The zero-order valence-corrected chi connectivity index (χ0v) is 15.6. The molecule has 0 amide bonds. The second-order valence-electron chi connectivity index (χ2n) is 7.45. The third kappa shape index (κ3) is 3.80. The van der Waals surface area contributed by atoms with E-state index in [-0.39, 0.29) is 24.2 Å². The molecule has 0 heterocycles. The molecular formula is C23H24O3. The molecule has 0 unspecified atom stereocenters. The highest BCUT2D eigenvalue weighted by Gasteiger charge is 2.27. The van der Waals surface area contributed by atoms with Crippen LogP contribution in [0.5, 0.6) is 0 Å². The van der Waals surface area contributed by atoms with E-state index in [9.17, 15) is 9.59 Å². The van der Waals surface area contributed by atoms with Gasteiger partial charge < -0.3 is 4.74 Å². The molecule has 0 aliphatic heterocycles. The Morgan fingerprint density at radius 2 is 2.04 bits per heavy atom. The van der Waals surface area contributed by atoms with Gasteiger partial charge in [-0.2, -0.15) is 0 Å². The second-order valence-corrected chi connectivity index (χ2v) is 7.45. The summed E-state index contributed by atoms with van der Waals surface area (Å²) in [6.07, 6.45) is 6.67. The van der Waals surface area contributed by atoms with Gasteiger partial charge in [0.1, 0.15) is 0 Å². The van der Waals surface area contributed by atoms with Crippen molar-refractivity contribution in [3.05, 3.63) is 58.2 Å². The van der Waals surface area contributed by atoms with E-state index in [2.05, 4.69) is 37.8 Å². The number of ketones is 1. The van der Waals surface area contributed by atoms with E-state index in [1.165, 1.54) is 30.0 Å². The molecule has 2 aliphatic carbocycles. The minimum atomic E-state index is -0.457. The first-order valence-corrected chi connectivity index (χ1v) is 9.17. The van der Waals surface area contributed by atoms with Crippen molar-refractivity contribution >= 4 is 11.8 Å². The Labute approximate surface area is 155 Å². The van der Waals surface area contributed by atoms with Gasteiger partial charge in [0.05, 0.1) is 12.2 Å². The maximum atomic E-state index is 12.1. The van der Waals surface area contributed by atoms with Crippen molar-refractivity contribution in [3.63, 3.8) is 0 Å². The summed E-state index contributed by atoms with van der Waals surface area (Å²) in [6.45, 7) is 6.58. The van der Waals surface area contributed by atoms with E-state index in [4.69, 9.17) is 4.74 Å². The lowest BCUT2D eigenvalue weighted by Crippen LogP contribution is -2.23. The van der Waals surface area contributed by atoms with Gasteiger partial charge in [-0.25, -0.2) is 4.79 Å². The van der Waals surface area contributed by atoms with Crippen LogP contribution in [0.4, 0.5) is 0 Å². The Balaban J connectivity index is 1.95. The van der Waals surface area contributed by atoms with Crippen molar-refractivity contribution in [2.24, 2.45) is 0 Å². The SMILES string of the molecule is CCOC(=O)C1=C(C#Cc2ccc3c(c2)C(C)(C)CCC3)C=CC(=O)C1. The van der Waals surface area contributed by atoms with Crippen LogP contribution in [0, 0.1) is 11.8 Å². The molecular weight excluding hydrogens is 324 g/mol. The fraction of sp³-hybridized carbons (Fsp3) is 0.391.